The van der Waals surface area contributed by atoms with Gasteiger partial charge in [0, 0.05) is 37.9 Å². The molecule has 0 saturated heterocycles. The molecule has 2 N–H and O–H groups in total. The van der Waals surface area contributed by atoms with Crippen LogP contribution in [-0.4, -0.2) is 52.2 Å². The molecule has 2 aromatic heterocycles. The Morgan fingerprint density at radius 1 is 1.10 bits per heavy atom. The van der Waals surface area contributed by atoms with E-state index in [2.05, 4.69) is 25.8 Å². The summed E-state index contributed by atoms with van der Waals surface area (Å²) in [5, 5.41) is 25.4. The molecule has 0 aromatic carbocycles. The summed E-state index contributed by atoms with van der Waals surface area (Å²) in [6.07, 6.45) is 3.10. The SMILES string of the molecule is Cc1ccc([N+](=O)[O-])c(NC2CCC(NC(=O)c3ccc(N(C)C)nn3)CC2)n1. The number of pyridine rings is 1. The zero-order valence-corrected chi connectivity index (χ0v) is 16.8. The third kappa shape index (κ3) is 5.15. The van der Waals surface area contributed by atoms with E-state index in [1.165, 1.54) is 6.07 Å². The fourth-order valence-electron chi connectivity index (χ4n) is 3.32. The predicted molar refractivity (Wildman–Crippen MR) is 109 cm³/mol. The summed E-state index contributed by atoms with van der Waals surface area (Å²) < 4.78 is 0. The van der Waals surface area contributed by atoms with E-state index in [4.69, 9.17) is 0 Å². The molecule has 1 amide bonds. The van der Waals surface area contributed by atoms with Crippen LogP contribution >= 0.6 is 0 Å². The van der Waals surface area contributed by atoms with Crippen molar-refractivity contribution in [2.24, 2.45) is 0 Å². The second kappa shape index (κ2) is 8.80. The standard InChI is InChI=1S/C19H25N7O3/c1-12-4-10-16(26(28)29)18(20-12)21-13-5-7-14(8-6-13)22-19(27)15-9-11-17(24-23-15)25(2)3/h4,9-11,13-14H,5-8H2,1-3H3,(H,20,21)(H,22,27). The molecule has 1 fully saturated rings. The summed E-state index contributed by atoms with van der Waals surface area (Å²) in [7, 11) is 3.72. The lowest BCUT2D eigenvalue weighted by atomic mass is 9.91. The summed E-state index contributed by atoms with van der Waals surface area (Å²) in [6, 6.07) is 6.63. The summed E-state index contributed by atoms with van der Waals surface area (Å²) in [5.74, 6) is 0.751. The number of nitro groups is 1. The van der Waals surface area contributed by atoms with Crippen LogP contribution in [0.1, 0.15) is 41.9 Å². The first-order valence-electron chi connectivity index (χ1n) is 9.54. The minimum Gasteiger partial charge on any atom is -0.362 e. The summed E-state index contributed by atoms with van der Waals surface area (Å²) in [6.45, 7) is 1.80. The zero-order valence-electron chi connectivity index (χ0n) is 16.8. The van der Waals surface area contributed by atoms with Crippen molar-refractivity contribution in [2.45, 2.75) is 44.7 Å². The van der Waals surface area contributed by atoms with Gasteiger partial charge in [0.05, 0.1) is 4.92 Å². The van der Waals surface area contributed by atoms with Crippen molar-refractivity contribution in [3.05, 3.63) is 45.8 Å². The van der Waals surface area contributed by atoms with Gasteiger partial charge in [0.25, 0.3) is 5.91 Å². The van der Waals surface area contributed by atoms with Crippen molar-refractivity contribution in [3.8, 4) is 0 Å². The van der Waals surface area contributed by atoms with Crippen LogP contribution < -0.4 is 15.5 Å². The van der Waals surface area contributed by atoms with Gasteiger partial charge in [-0.1, -0.05) is 0 Å². The van der Waals surface area contributed by atoms with E-state index >= 15 is 0 Å². The first-order chi connectivity index (χ1) is 13.8. The first kappa shape index (κ1) is 20.4. The largest absolute Gasteiger partial charge is 0.362 e. The fraction of sp³-hybridized carbons (Fsp3) is 0.474. The lowest BCUT2D eigenvalue weighted by molar-refractivity contribution is -0.384. The third-order valence-corrected chi connectivity index (χ3v) is 4.95. The number of nitrogens with one attached hydrogen (secondary N) is 2. The second-order valence-corrected chi connectivity index (χ2v) is 7.42. The Morgan fingerprint density at radius 3 is 2.38 bits per heavy atom. The molecule has 0 radical (unpaired) electrons. The van der Waals surface area contributed by atoms with Crippen LogP contribution in [-0.2, 0) is 0 Å². The van der Waals surface area contributed by atoms with E-state index in [1.54, 1.807) is 25.1 Å². The Labute approximate surface area is 168 Å². The fourth-order valence-corrected chi connectivity index (χ4v) is 3.32. The monoisotopic (exact) mass is 399 g/mol. The average molecular weight is 399 g/mol. The van der Waals surface area contributed by atoms with Gasteiger partial charge >= 0.3 is 5.69 Å². The molecule has 0 bridgehead atoms. The molecule has 2 aromatic rings. The first-order valence-corrected chi connectivity index (χ1v) is 9.54. The quantitative estimate of drug-likeness (QED) is 0.560. The van der Waals surface area contributed by atoms with Gasteiger partial charge in [-0.15, -0.1) is 10.2 Å². The highest BCUT2D eigenvalue weighted by Crippen LogP contribution is 2.27. The highest BCUT2D eigenvalue weighted by molar-refractivity contribution is 5.92. The van der Waals surface area contributed by atoms with Gasteiger partial charge in [-0.05, 0) is 50.8 Å². The third-order valence-electron chi connectivity index (χ3n) is 4.95. The molecular weight excluding hydrogens is 374 g/mol. The summed E-state index contributed by atoms with van der Waals surface area (Å²) in [4.78, 5) is 29.3. The lowest BCUT2D eigenvalue weighted by Gasteiger charge is -2.29. The number of hydrogen-bond donors (Lipinski definition) is 2. The zero-order chi connectivity index (χ0) is 21.0. The number of hydrogen-bond acceptors (Lipinski definition) is 8. The number of amides is 1. The average Bonchev–Trinajstić information content (AvgIpc) is 2.69. The van der Waals surface area contributed by atoms with Gasteiger partial charge in [0.1, 0.15) is 0 Å². The number of rotatable bonds is 6. The van der Waals surface area contributed by atoms with Crippen LogP contribution in [0.15, 0.2) is 24.3 Å². The Kier molecular flexibility index (Phi) is 6.20. The molecule has 10 heteroatoms. The number of carbonyl (C=O) groups is 1. The number of aryl methyl sites for hydroxylation is 1. The molecule has 0 unspecified atom stereocenters. The maximum absolute atomic E-state index is 12.4. The molecule has 2 heterocycles. The number of anilines is 2. The van der Waals surface area contributed by atoms with Crippen LogP contribution in [0.25, 0.3) is 0 Å². The summed E-state index contributed by atoms with van der Waals surface area (Å²) >= 11 is 0. The minimum atomic E-state index is -0.427. The Bertz CT molecular complexity index is 878. The van der Waals surface area contributed by atoms with Crippen LogP contribution in [0.5, 0.6) is 0 Å². The van der Waals surface area contributed by atoms with Crippen LogP contribution in [0.2, 0.25) is 0 Å². The lowest BCUT2D eigenvalue weighted by Crippen LogP contribution is -2.40. The summed E-state index contributed by atoms with van der Waals surface area (Å²) in [5.41, 5.74) is 0.988. The highest BCUT2D eigenvalue weighted by atomic mass is 16.6. The van der Waals surface area contributed by atoms with E-state index in [9.17, 15) is 14.9 Å². The molecule has 1 aliphatic rings. The smallest absolute Gasteiger partial charge is 0.311 e. The minimum absolute atomic E-state index is 0.0224. The van der Waals surface area contributed by atoms with Gasteiger partial charge in [-0.3, -0.25) is 14.9 Å². The normalized spacial score (nSPS) is 18.7. The van der Waals surface area contributed by atoms with Gasteiger partial charge in [0.15, 0.2) is 11.5 Å². The number of aromatic nitrogens is 3. The molecule has 1 aliphatic carbocycles. The molecule has 0 spiro atoms. The van der Waals surface area contributed by atoms with Gasteiger partial charge in [0.2, 0.25) is 5.82 Å². The predicted octanol–water partition coefficient (Wildman–Crippen LogP) is 2.31. The number of carbonyl (C=O) groups excluding carboxylic acids is 1. The molecule has 1 saturated carbocycles. The molecule has 154 valence electrons. The van der Waals surface area contributed by atoms with Crippen molar-refractivity contribution in [3.63, 3.8) is 0 Å². The Balaban J connectivity index is 1.54. The van der Waals surface area contributed by atoms with E-state index < -0.39 is 4.92 Å². The van der Waals surface area contributed by atoms with Crippen LogP contribution in [0.3, 0.4) is 0 Å². The molecule has 29 heavy (non-hydrogen) atoms. The van der Waals surface area contributed by atoms with Gasteiger partial charge in [-0.2, -0.15) is 0 Å². The Hall–Kier alpha value is -3.30. The van der Waals surface area contributed by atoms with Gasteiger partial charge in [-0.25, -0.2) is 4.98 Å². The molecule has 3 rings (SSSR count). The van der Waals surface area contributed by atoms with Crippen molar-refractivity contribution in [1.82, 2.24) is 20.5 Å². The molecule has 0 atom stereocenters. The van der Waals surface area contributed by atoms with Crippen molar-refractivity contribution >= 4 is 23.2 Å². The van der Waals surface area contributed by atoms with E-state index in [0.29, 0.717) is 11.6 Å². The van der Waals surface area contributed by atoms with E-state index in [1.807, 2.05) is 19.0 Å². The number of nitrogens with zero attached hydrogens (tertiary/aromatic N) is 5. The van der Waals surface area contributed by atoms with E-state index in [-0.39, 0.29) is 29.4 Å². The van der Waals surface area contributed by atoms with E-state index in [0.717, 1.165) is 31.4 Å². The van der Waals surface area contributed by atoms with Gasteiger partial charge < -0.3 is 15.5 Å². The second-order valence-electron chi connectivity index (χ2n) is 7.42. The molecule has 10 nitrogen and oxygen atoms in total. The van der Waals surface area contributed by atoms with Crippen LogP contribution in [0, 0.1) is 17.0 Å². The molecular formula is C19H25N7O3. The maximum atomic E-state index is 12.4. The van der Waals surface area contributed by atoms with Crippen molar-refractivity contribution < 1.29 is 9.72 Å². The molecule has 0 aliphatic heterocycles. The van der Waals surface area contributed by atoms with Crippen molar-refractivity contribution in [1.29, 1.82) is 0 Å². The van der Waals surface area contributed by atoms with Crippen molar-refractivity contribution in [2.75, 3.05) is 24.3 Å². The maximum Gasteiger partial charge on any atom is 0.311 e. The topological polar surface area (TPSA) is 126 Å². The van der Waals surface area contributed by atoms with Crippen LogP contribution in [0.4, 0.5) is 17.3 Å². The highest BCUT2D eigenvalue weighted by Gasteiger charge is 2.25. The Morgan fingerprint density at radius 2 is 1.79 bits per heavy atom.